The van der Waals surface area contributed by atoms with E-state index in [4.69, 9.17) is 0 Å². The van der Waals surface area contributed by atoms with Crippen molar-refractivity contribution in [2.45, 2.75) is 58.7 Å². The van der Waals surface area contributed by atoms with Gasteiger partial charge in [-0.05, 0) is 35.4 Å². The summed E-state index contributed by atoms with van der Waals surface area (Å²) in [5.41, 5.74) is 4.45. The van der Waals surface area contributed by atoms with Crippen molar-refractivity contribution in [3.63, 3.8) is 0 Å². The molecule has 1 N–H and O–H groups in total. The zero-order valence-corrected chi connectivity index (χ0v) is 16.5. The Morgan fingerprint density at radius 1 is 1.00 bits per heavy atom. The lowest BCUT2D eigenvalue weighted by atomic mass is 9.90. The molecule has 2 aromatic rings. The highest BCUT2D eigenvalue weighted by molar-refractivity contribution is 5.30. The maximum atomic E-state index is 3.63. The highest BCUT2D eigenvalue weighted by Gasteiger charge is 2.25. The van der Waals surface area contributed by atoms with Crippen molar-refractivity contribution in [3.05, 3.63) is 71.3 Å². The lowest BCUT2D eigenvalue weighted by Gasteiger charge is -2.37. The van der Waals surface area contributed by atoms with Gasteiger partial charge in [-0.15, -0.1) is 0 Å². The molecule has 0 saturated heterocycles. The Kier molecular flexibility index (Phi) is 7.28. The highest BCUT2D eigenvalue weighted by Crippen LogP contribution is 2.26. The number of nitrogens with one attached hydrogen (secondary N) is 1. The van der Waals surface area contributed by atoms with Crippen LogP contribution < -0.4 is 5.32 Å². The third-order valence-corrected chi connectivity index (χ3v) is 5.53. The third-order valence-electron chi connectivity index (χ3n) is 5.53. The molecule has 0 amide bonds. The molecule has 2 nitrogen and oxygen atoms in total. The maximum Gasteiger partial charge on any atom is 0.0240 e. The Morgan fingerprint density at radius 2 is 1.73 bits per heavy atom. The summed E-state index contributed by atoms with van der Waals surface area (Å²) in [5.74, 6) is 0.812. The van der Waals surface area contributed by atoms with Crippen LogP contribution >= 0.6 is 0 Å². The molecule has 1 aliphatic rings. The second kappa shape index (κ2) is 9.89. The molecule has 140 valence electrons. The SMILES string of the molecule is CC(C)CCCC1Cc2ccccc2CN1CCNCc1ccccc1. The summed E-state index contributed by atoms with van der Waals surface area (Å²) >= 11 is 0. The molecule has 1 aliphatic heterocycles. The maximum absolute atomic E-state index is 3.63. The first-order chi connectivity index (χ1) is 12.7. The van der Waals surface area contributed by atoms with Gasteiger partial charge in [-0.25, -0.2) is 0 Å². The number of hydrogen-bond acceptors (Lipinski definition) is 2. The summed E-state index contributed by atoms with van der Waals surface area (Å²) in [6, 6.07) is 20.4. The van der Waals surface area contributed by atoms with E-state index in [0.717, 1.165) is 32.1 Å². The van der Waals surface area contributed by atoms with Crippen LogP contribution in [0.2, 0.25) is 0 Å². The van der Waals surface area contributed by atoms with E-state index in [0.29, 0.717) is 6.04 Å². The van der Waals surface area contributed by atoms with Gasteiger partial charge in [0.2, 0.25) is 0 Å². The van der Waals surface area contributed by atoms with Crippen LogP contribution in [-0.4, -0.2) is 24.0 Å². The Hall–Kier alpha value is -1.64. The van der Waals surface area contributed by atoms with Crippen molar-refractivity contribution in [1.82, 2.24) is 10.2 Å². The normalized spacial score (nSPS) is 17.4. The third kappa shape index (κ3) is 5.69. The van der Waals surface area contributed by atoms with Gasteiger partial charge in [0.1, 0.15) is 0 Å². The number of rotatable bonds is 9. The average Bonchev–Trinajstić information content (AvgIpc) is 2.66. The fourth-order valence-electron chi connectivity index (χ4n) is 4.00. The van der Waals surface area contributed by atoms with E-state index in [2.05, 4.69) is 78.7 Å². The van der Waals surface area contributed by atoms with Gasteiger partial charge in [0, 0.05) is 32.2 Å². The molecule has 2 heteroatoms. The standard InChI is InChI=1S/C24H34N2/c1-20(2)9-8-14-24-17-22-12-6-7-13-23(22)19-26(24)16-15-25-18-21-10-4-3-5-11-21/h3-7,10-13,20,24-25H,8-9,14-19H2,1-2H3. The molecule has 0 saturated carbocycles. The molecule has 0 aliphatic carbocycles. The molecule has 1 atom stereocenters. The van der Waals surface area contributed by atoms with Crippen LogP contribution in [0.1, 0.15) is 49.8 Å². The zero-order valence-electron chi connectivity index (χ0n) is 16.5. The molecule has 0 fully saturated rings. The molecule has 0 radical (unpaired) electrons. The summed E-state index contributed by atoms with van der Waals surface area (Å²) in [7, 11) is 0. The number of fused-ring (bicyclic) bond motifs is 1. The molecule has 0 spiro atoms. The number of benzene rings is 2. The first kappa shape index (κ1) is 19.1. The molecule has 0 aromatic heterocycles. The van der Waals surface area contributed by atoms with Gasteiger partial charge in [0.05, 0.1) is 0 Å². The van der Waals surface area contributed by atoms with E-state index in [1.807, 2.05) is 0 Å². The van der Waals surface area contributed by atoms with Crippen LogP contribution in [0.25, 0.3) is 0 Å². The Bertz CT molecular complexity index is 650. The molecule has 3 rings (SSSR count). The van der Waals surface area contributed by atoms with E-state index in [-0.39, 0.29) is 0 Å². The van der Waals surface area contributed by atoms with E-state index < -0.39 is 0 Å². The lowest BCUT2D eigenvalue weighted by molar-refractivity contribution is 0.159. The van der Waals surface area contributed by atoms with Crippen molar-refractivity contribution in [2.75, 3.05) is 13.1 Å². The summed E-state index contributed by atoms with van der Waals surface area (Å²) in [6.07, 6.45) is 5.23. The van der Waals surface area contributed by atoms with Crippen molar-refractivity contribution in [1.29, 1.82) is 0 Å². The van der Waals surface area contributed by atoms with Gasteiger partial charge in [-0.2, -0.15) is 0 Å². The molecular weight excluding hydrogens is 316 g/mol. The number of hydrogen-bond donors (Lipinski definition) is 1. The zero-order chi connectivity index (χ0) is 18.2. The number of nitrogens with zero attached hydrogens (tertiary/aromatic N) is 1. The van der Waals surface area contributed by atoms with Gasteiger partial charge >= 0.3 is 0 Å². The Labute approximate surface area is 159 Å². The summed E-state index contributed by atoms with van der Waals surface area (Å²) in [6.45, 7) is 8.92. The van der Waals surface area contributed by atoms with Crippen molar-refractivity contribution in [2.24, 2.45) is 5.92 Å². The molecule has 1 heterocycles. The predicted octanol–water partition coefficient (Wildman–Crippen LogP) is 5.03. The van der Waals surface area contributed by atoms with Crippen molar-refractivity contribution < 1.29 is 0 Å². The van der Waals surface area contributed by atoms with Gasteiger partial charge in [-0.3, -0.25) is 4.90 Å². The van der Waals surface area contributed by atoms with E-state index in [9.17, 15) is 0 Å². The first-order valence-corrected chi connectivity index (χ1v) is 10.3. The van der Waals surface area contributed by atoms with Crippen LogP contribution in [0, 0.1) is 5.92 Å². The van der Waals surface area contributed by atoms with Gasteiger partial charge in [0.15, 0.2) is 0 Å². The van der Waals surface area contributed by atoms with Crippen molar-refractivity contribution >= 4 is 0 Å². The van der Waals surface area contributed by atoms with Crippen molar-refractivity contribution in [3.8, 4) is 0 Å². The van der Waals surface area contributed by atoms with Crippen LogP contribution in [0.3, 0.4) is 0 Å². The molecule has 0 bridgehead atoms. The Balaban J connectivity index is 1.53. The monoisotopic (exact) mass is 350 g/mol. The highest BCUT2D eigenvalue weighted by atomic mass is 15.2. The van der Waals surface area contributed by atoms with E-state index in [1.54, 1.807) is 5.56 Å². The minimum absolute atomic E-state index is 0.696. The summed E-state index contributed by atoms with van der Waals surface area (Å²) in [4.78, 5) is 2.71. The smallest absolute Gasteiger partial charge is 0.0240 e. The fraction of sp³-hybridized carbons (Fsp3) is 0.500. The molecular formula is C24H34N2. The van der Waals surface area contributed by atoms with Crippen LogP contribution in [0.4, 0.5) is 0 Å². The minimum Gasteiger partial charge on any atom is -0.311 e. The molecule has 2 aromatic carbocycles. The second-order valence-corrected chi connectivity index (χ2v) is 8.08. The van der Waals surface area contributed by atoms with Gasteiger partial charge in [0.25, 0.3) is 0 Å². The summed E-state index contributed by atoms with van der Waals surface area (Å²) in [5, 5.41) is 3.63. The second-order valence-electron chi connectivity index (χ2n) is 8.08. The largest absolute Gasteiger partial charge is 0.311 e. The fourth-order valence-corrected chi connectivity index (χ4v) is 4.00. The van der Waals surface area contributed by atoms with Crippen LogP contribution in [-0.2, 0) is 19.5 Å². The average molecular weight is 351 g/mol. The van der Waals surface area contributed by atoms with Gasteiger partial charge in [-0.1, -0.05) is 81.3 Å². The summed E-state index contributed by atoms with van der Waals surface area (Å²) < 4.78 is 0. The predicted molar refractivity (Wildman–Crippen MR) is 111 cm³/mol. The Morgan fingerprint density at radius 3 is 2.50 bits per heavy atom. The van der Waals surface area contributed by atoms with Gasteiger partial charge < -0.3 is 5.32 Å². The molecule has 1 unspecified atom stereocenters. The quantitative estimate of drug-likeness (QED) is 0.638. The van der Waals surface area contributed by atoms with Crippen LogP contribution in [0.15, 0.2) is 54.6 Å². The molecule has 26 heavy (non-hydrogen) atoms. The topological polar surface area (TPSA) is 15.3 Å². The van der Waals surface area contributed by atoms with Crippen LogP contribution in [0.5, 0.6) is 0 Å². The van der Waals surface area contributed by atoms with E-state index in [1.165, 1.54) is 36.8 Å². The van der Waals surface area contributed by atoms with E-state index >= 15 is 0 Å². The first-order valence-electron chi connectivity index (χ1n) is 10.3. The lowest BCUT2D eigenvalue weighted by Crippen LogP contribution is -2.43. The minimum atomic E-state index is 0.696.